The number of thiazole rings is 1. The van der Waals surface area contributed by atoms with E-state index in [4.69, 9.17) is 4.98 Å². The number of aryl methyl sites for hydroxylation is 3. The minimum Gasteiger partial charge on any atom is -0.356 e. The summed E-state index contributed by atoms with van der Waals surface area (Å²) in [7, 11) is 0. The van der Waals surface area contributed by atoms with E-state index < -0.39 is 0 Å². The lowest BCUT2D eigenvalue weighted by Gasteiger charge is -2.23. The van der Waals surface area contributed by atoms with Crippen LogP contribution in [0.25, 0.3) is 0 Å². The third-order valence-corrected chi connectivity index (χ3v) is 7.86. The SMILES string of the molecule is CC(=O)N(c1nc(CSc2nnc(NCc3ccccc3)s2)cs1)c1c(C)cc(C)cc1C. The Bertz CT molecular complexity index is 1230. The van der Waals surface area contributed by atoms with Gasteiger partial charge in [-0.05, 0) is 37.5 Å². The molecule has 4 aromatic rings. The first-order valence-electron chi connectivity index (χ1n) is 10.5. The Morgan fingerprint density at radius 3 is 2.52 bits per heavy atom. The van der Waals surface area contributed by atoms with Crippen LogP contribution in [0.3, 0.4) is 0 Å². The van der Waals surface area contributed by atoms with Gasteiger partial charge in [-0.2, -0.15) is 0 Å². The molecule has 6 nitrogen and oxygen atoms in total. The number of hydrogen-bond acceptors (Lipinski definition) is 8. The van der Waals surface area contributed by atoms with Crippen molar-refractivity contribution in [1.82, 2.24) is 15.2 Å². The summed E-state index contributed by atoms with van der Waals surface area (Å²) >= 11 is 4.62. The maximum atomic E-state index is 12.6. The highest BCUT2D eigenvalue weighted by molar-refractivity contribution is 8.00. The monoisotopic (exact) mass is 495 g/mol. The fourth-order valence-electron chi connectivity index (χ4n) is 3.63. The molecule has 0 aliphatic heterocycles. The number of carbonyl (C=O) groups excluding carboxylic acids is 1. The number of carbonyl (C=O) groups is 1. The van der Waals surface area contributed by atoms with Crippen molar-refractivity contribution in [2.45, 2.75) is 44.3 Å². The zero-order valence-corrected chi connectivity index (χ0v) is 21.4. The summed E-state index contributed by atoms with van der Waals surface area (Å²) in [4.78, 5) is 19.0. The van der Waals surface area contributed by atoms with Gasteiger partial charge in [-0.25, -0.2) is 4.98 Å². The van der Waals surface area contributed by atoms with Gasteiger partial charge in [-0.15, -0.1) is 21.5 Å². The van der Waals surface area contributed by atoms with Crippen molar-refractivity contribution in [2.75, 3.05) is 10.2 Å². The smallest absolute Gasteiger partial charge is 0.230 e. The Morgan fingerprint density at radius 1 is 1.09 bits per heavy atom. The Kier molecular flexibility index (Phi) is 7.42. The Hall–Kier alpha value is -2.75. The molecule has 0 atom stereocenters. The zero-order valence-electron chi connectivity index (χ0n) is 19.0. The van der Waals surface area contributed by atoms with Crippen LogP contribution in [0.5, 0.6) is 0 Å². The highest BCUT2D eigenvalue weighted by atomic mass is 32.2. The van der Waals surface area contributed by atoms with E-state index in [1.54, 1.807) is 23.6 Å². The molecule has 2 aromatic heterocycles. The Labute approximate surface area is 206 Å². The molecule has 0 fully saturated rings. The predicted octanol–water partition coefficient (Wildman–Crippen LogP) is 6.51. The zero-order chi connectivity index (χ0) is 23.4. The molecule has 1 N–H and O–H groups in total. The average Bonchev–Trinajstić information content (AvgIpc) is 3.43. The van der Waals surface area contributed by atoms with Crippen molar-refractivity contribution >= 4 is 56.3 Å². The number of anilines is 3. The molecule has 0 saturated carbocycles. The van der Waals surface area contributed by atoms with E-state index in [1.165, 1.54) is 33.8 Å². The topological polar surface area (TPSA) is 71.0 Å². The number of aromatic nitrogens is 3. The molecule has 0 spiro atoms. The van der Waals surface area contributed by atoms with Gasteiger partial charge in [0.1, 0.15) is 0 Å². The fourth-order valence-corrected chi connectivity index (χ4v) is 6.25. The van der Waals surface area contributed by atoms with Gasteiger partial charge in [0.05, 0.1) is 11.4 Å². The van der Waals surface area contributed by atoms with Gasteiger partial charge in [0.25, 0.3) is 0 Å². The number of hydrogen-bond donors (Lipinski definition) is 1. The largest absolute Gasteiger partial charge is 0.356 e. The van der Waals surface area contributed by atoms with Gasteiger partial charge < -0.3 is 5.32 Å². The third-order valence-electron chi connectivity index (χ3n) is 4.94. The molecule has 170 valence electrons. The van der Waals surface area contributed by atoms with Crippen molar-refractivity contribution in [2.24, 2.45) is 0 Å². The summed E-state index contributed by atoms with van der Waals surface area (Å²) in [6.07, 6.45) is 0. The maximum absolute atomic E-state index is 12.6. The molecule has 0 aliphatic carbocycles. The second-order valence-electron chi connectivity index (χ2n) is 7.72. The Balaban J connectivity index is 1.41. The lowest BCUT2D eigenvalue weighted by Crippen LogP contribution is -2.24. The van der Waals surface area contributed by atoms with Crippen molar-refractivity contribution in [3.05, 3.63) is 75.8 Å². The Morgan fingerprint density at radius 2 is 1.82 bits per heavy atom. The van der Waals surface area contributed by atoms with Crippen LogP contribution in [0.4, 0.5) is 16.0 Å². The first-order chi connectivity index (χ1) is 15.9. The molecule has 0 unspecified atom stereocenters. The number of nitrogens with zero attached hydrogens (tertiary/aromatic N) is 4. The normalized spacial score (nSPS) is 10.9. The standard InChI is InChI=1S/C24H25N5OS3/c1-15-10-16(2)21(17(3)11-15)29(18(4)30)23-26-20(13-31-23)14-32-24-28-27-22(33-24)25-12-19-8-6-5-7-9-19/h5-11,13H,12,14H2,1-4H3,(H,25,27). The summed E-state index contributed by atoms with van der Waals surface area (Å²) in [5.74, 6) is 0.624. The van der Waals surface area contributed by atoms with Crippen LogP contribution < -0.4 is 10.2 Å². The van der Waals surface area contributed by atoms with Crippen LogP contribution in [0.2, 0.25) is 0 Å². The lowest BCUT2D eigenvalue weighted by molar-refractivity contribution is -0.115. The predicted molar refractivity (Wildman–Crippen MR) is 139 cm³/mol. The molecular formula is C24H25N5OS3. The number of nitrogens with one attached hydrogen (secondary N) is 1. The van der Waals surface area contributed by atoms with Crippen LogP contribution in [0.1, 0.15) is 34.9 Å². The highest BCUT2D eigenvalue weighted by Gasteiger charge is 2.22. The quantitative estimate of drug-likeness (QED) is 0.281. The minimum atomic E-state index is -0.0446. The molecule has 0 aliphatic rings. The lowest BCUT2D eigenvalue weighted by atomic mass is 10.0. The molecule has 2 aromatic carbocycles. The fraction of sp³-hybridized carbons (Fsp3) is 0.250. The van der Waals surface area contributed by atoms with E-state index in [9.17, 15) is 4.79 Å². The molecular weight excluding hydrogens is 470 g/mol. The second-order valence-corrected chi connectivity index (χ2v) is 10.8. The van der Waals surface area contributed by atoms with E-state index in [0.717, 1.165) is 32.0 Å². The number of thioether (sulfide) groups is 1. The second kappa shape index (κ2) is 10.5. The van der Waals surface area contributed by atoms with Gasteiger partial charge in [0, 0.05) is 24.6 Å². The molecule has 33 heavy (non-hydrogen) atoms. The highest BCUT2D eigenvalue weighted by Crippen LogP contribution is 2.36. The summed E-state index contributed by atoms with van der Waals surface area (Å²) in [6.45, 7) is 8.44. The van der Waals surface area contributed by atoms with Crippen molar-refractivity contribution in [1.29, 1.82) is 0 Å². The van der Waals surface area contributed by atoms with Crippen molar-refractivity contribution < 1.29 is 4.79 Å². The van der Waals surface area contributed by atoms with Crippen molar-refractivity contribution in [3.8, 4) is 0 Å². The van der Waals surface area contributed by atoms with Crippen LogP contribution >= 0.6 is 34.4 Å². The summed E-state index contributed by atoms with van der Waals surface area (Å²) in [5.41, 5.74) is 6.35. The molecule has 4 rings (SSSR count). The van der Waals surface area contributed by atoms with E-state index in [1.807, 2.05) is 37.4 Å². The molecule has 0 saturated heterocycles. The van der Waals surface area contributed by atoms with Crippen LogP contribution in [0, 0.1) is 20.8 Å². The van der Waals surface area contributed by atoms with Gasteiger partial charge in [0.2, 0.25) is 11.0 Å². The van der Waals surface area contributed by atoms with Crippen molar-refractivity contribution in [3.63, 3.8) is 0 Å². The van der Waals surface area contributed by atoms with Gasteiger partial charge in [-0.1, -0.05) is 71.1 Å². The number of rotatable bonds is 8. The van der Waals surface area contributed by atoms with E-state index in [2.05, 4.69) is 46.7 Å². The maximum Gasteiger partial charge on any atom is 0.230 e. The number of benzene rings is 2. The first-order valence-corrected chi connectivity index (χ1v) is 13.2. The molecule has 2 heterocycles. The van der Waals surface area contributed by atoms with E-state index in [0.29, 0.717) is 17.4 Å². The molecule has 0 bridgehead atoms. The minimum absolute atomic E-state index is 0.0446. The van der Waals surface area contributed by atoms with Gasteiger partial charge in [-0.3, -0.25) is 9.69 Å². The van der Waals surface area contributed by atoms with Gasteiger partial charge in [0.15, 0.2) is 9.47 Å². The van der Waals surface area contributed by atoms with Gasteiger partial charge >= 0.3 is 0 Å². The molecule has 9 heteroatoms. The molecule has 0 radical (unpaired) electrons. The third kappa shape index (κ3) is 5.79. The van der Waals surface area contributed by atoms with E-state index >= 15 is 0 Å². The van der Waals surface area contributed by atoms with E-state index in [-0.39, 0.29) is 5.91 Å². The van der Waals surface area contributed by atoms with Crippen LogP contribution in [-0.4, -0.2) is 21.1 Å². The number of amides is 1. The van der Waals surface area contributed by atoms with Crippen LogP contribution in [-0.2, 0) is 17.1 Å². The first kappa shape index (κ1) is 23.4. The summed E-state index contributed by atoms with van der Waals surface area (Å²) < 4.78 is 0.883. The van der Waals surface area contributed by atoms with Crippen LogP contribution in [0.15, 0.2) is 52.2 Å². The molecule has 1 amide bonds. The average molecular weight is 496 g/mol. The summed E-state index contributed by atoms with van der Waals surface area (Å²) in [6, 6.07) is 14.4. The summed E-state index contributed by atoms with van der Waals surface area (Å²) in [5, 5.41) is 15.3.